The van der Waals surface area contributed by atoms with Gasteiger partial charge in [0.05, 0.1) is 4.47 Å². The van der Waals surface area contributed by atoms with Crippen molar-refractivity contribution in [2.45, 2.75) is 19.3 Å². The van der Waals surface area contributed by atoms with Crippen LogP contribution in [0.3, 0.4) is 0 Å². The van der Waals surface area contributed by atoms with Gasteiger partial charge in [0.15, 0.2) is 5.78 Å². The zero-order valence-corrected chi connectivity index (χ0v) is 11.0. The van der Waals surface area contributed by atoms with E-state index >= 15 is 0 Å². The first-order valence-corrected chi connectivity index (χ1v) is 6.52. The predicted octanol–water partition coefficient (Wildman–Crippen LogP) is 3.59. The molecule has 0 spiro atoms. The van der Waals surface area contributed by atoms with Crippen molar-refractivity contribution < 1.29 is 13.9 Å². The number of Topliss-reactive ketones (excluding diaryl/α,β-unsaturated/α-hetero) is 1. The van der Waals surface area contributed by atoms with Crippen LogP contribution in [0.4, 0.5) is 4.39 Å². The van der Waals surface area contributed by atoms with Gasteiger partial charge in [-0.25, -0.2) is 4.39 Å². The smallest absolute Gasteiger partial charge is 0.163 e. The molecule has 1 aromatic carbocycles. The van der Waals surface area contributed by atoms with E-state index < -0.39 is 0 Å². The minimum absolute atomic E-state index is 0.0169. The molecule has 1 saturated heterocycles. The van der Waals surface area contributed by atoms with Gasteiger partial charge in [0.2, 0.25) is 0 Å². The van der Waals surface area contributed by atoms with Crippen molar-refractivity contribution in [3.8, 4) is 0 Å². The summed E-state index contributed by atoms with van der Waals surface area (Å²) in [5, 5.41) is 0. The number of hydrogen-bond donors (Lipinski definition) is 0. The van der Waals surface area contributed by atoms with Gasteiger partial charge >= 0.3 is 0 Å². The minimum atomic E-state index is -0.386. The molecular formula is C13H14BrFO2. The van der Waals surface area contributed by atoms with Gasteiger partial charge in [0, 0.05) is 25.2 Å². The van der Waals surface area contributed by atoms with Crippen LogP contribution >= 0.6 is 15.9 Å². The molecule has 0 amide bonds. The number of halogens is 2. The molecule has 0 atom stereocenters. The van der Waals surface area contributed by atoms with Crippen molar-refractivity contribution in [1.29, 1.82) is 0 Å². The minimum Gasteiger partial charge on any atom is -0.381 e. The molecule has 92 valence electrons. The molecule has 0 unspecified atom stereocenters. The Morgan fingerprint density at radius 3 is 2.76 bits per heavy atom. The van der Waals surface area contributed by atoms with Gasteiger partial charge < -0.3 is 4.74 Å². The van der Waals surface area contributed by atoms with E-state index in [9.17, 15) is 9.18 Å². The lowest BCUT2D eigenvalue weighted by atomic mass is 9.92. The van der Waals surface area contributed by atoms with E-state index in [1.54, 1.807) is 12.1 Å². The van der Waals surface area contributed by atoms with E-state index in [0.717, 1.165) is 26.1 Å². The highest BCUT2D eigenvalue weighted by Gasteiger charge is 2.18. The lowest BCUT2D eigenvalue weighted by molar-refractivity contribution is 0.0601. The highest BCUT2D eigenvalue weighted by Crippen LogP contribution is 2.22. The normalized spacial score (nSPS) is 17.1. The maximum absolute atomic E-state index is 13.3. The second kappa shape index (κ2) is 5.74. The van der Waals surface area contributed by atoms with Gasteiger partial charge in [-0.15, -0.1) is 0 Å². The summed E-state index contributed by atoms with van der Waals surface area (Å²) in [6.45, 7) is 1.46. The van der Waals surface area contributed by atoms with E-state index in [-0.39, 0.29) is 11.6 Å². The summed E-state index contributed by atoms with van der Waals surface area (Å²) in [4.78, 5) is 12.0. The summed E-state index contributed by atoms with van der Waals surface area (Å²) in [7, 11) is 0. The first kappa shape index (κ1) is 12.7. The van der Waals surface area contributed by atoms with Crippen molar-refractivity contribution in [2.24, 2.45) is 5.92 Å². The molecule has 2 nitrogen and oxygen atoms in total. The Hall–Kier alpha value is -0.740. The molecule has 0 aromatic heterocycles. The van der Waals surface area contributed by atoms with Gasteiger partial charge in [-0.2, -0.15) is 0 Å². The van der Waals surface area contributed by atoms with Crippen LogP contribution in [-0.2, 0) is 4.74 Å². The summed E-state index contributed by atoms with van der Waals surface area (Å²) >= 11 is 3.07. The summed E-state index contributed by atoms with van der Waals surface area (Å²) in [6.07, 6.45) is 2.33. The number of rotatable bonds is 3. The molecule has 0 bridgehead atoms. The average Bonchev–Trinajstić information content (AvgIpc) is 2.34. The Kier molecular flexibility index (Phi) is 4.29. The topological polar surface area (TPSA) is 26.3 Å². The molecule has 4 heteroatoms. The van der Waals surface area contributed by atoms with Crippen LogP contribution in [0.1, 0.15) is 29.6 Å². The van der Waals surface area contributed by atoms with Crippen molar-refractivity contribution >= 4 is 21.7 Å². The van der Waals surface area contributed by atoms with E-state index in [1.165, 1.54) is 6.07 Å². The lowest BCUT2D eigenvalue weighted by Crippen LogP contribution is -2.18. The van der Waals surface area contributed by atoms with Crippen LogP contribution in [0.2, 0.25) is 0 Å². The van der Waals surface area contributed by atoms with Gasteiger partial charge in [0.25, 0.3) is 0 Å². The van der Waals surface area contributed by atoms with Crippen LogP contribution in [0.5, 0.6) is 0 Å². The first-order valence-electron chi connectivity index (χ1n) is 5.73. The van der Waals surface area contributed by atoms with E-state index in [4.69, 9.17) is 4.74 Å². The number of ketones is 1. The van der Waals surface area contributed by atoms with Crippen LogP contribution in [0.15, 0.2) is 22.7 Å². The molecule has 2 rings (SSSR count). The average molecular weight is 301 g/mol. The maximum Gasteiger partial charge on any atom is 0.163 e. The molecule has 1 heterocycles. The molecule has 0 radical (unpaired) electrons. The number of carbonyl (C=O) groups excluding carboxylic acids is 1. The molecule has 17 heavy (non-hydrogen) atoms. The monoisotopic (exact) mass is 300 g/mol. The number of benzene rings is 1. The largest absolute Gasteiger partial charge is 0.381 e. The Labute approximate surface area is 108 Å². The van der Waals surface area contributed by atoms with E-state index in [1.807, 2.05) is 0 Å². The lowest BCUT2D eigenvalue weighted by Gasteiger charge is -2.21. The number of carbonyl (C=O) groups is 1. The standard InChI is InChI=1S/C13H14BrFO2/c14-11-2-1-10(8-12(11)15)13(16)7-9-3-5-17-6-4-9/h1-2,8-9H,3-7H2. The van der Waals surface area contributed by atoms with Crippen LogP contribution in [-0.4, -0.2) is 19.0 Å². The Morgan fingerprint density at radius 2 is 2.12 bits per heavy atom. The van der Waals surface area contributed by atoms with Crippen LogP contribution in [0.25, 0.3) is 0 Å². The third kappa shape index (κ3) is 3.36. The number of ether oxygens (including phenoxy) is 1. The zero-order chi connectivity index (χ0) is 12.3. The maximum atomic E-state index is 13.3. The predicted molar refractivity (Wildman–Crippen MR) is 66.6 cm³/mol. The molecule has 1 aromatic rings. The van der Waals surface area contributed by atoms with Gasteiger partial charge in [-0.3, -0.25) is 4.79 Å². The Balaban J connectivity index is 2.01. The fourth-order valence-electron chi connectivity index (χ4n) is 2.00. The van der Waals surface area contributed by atoms with Crippen molar-refractivity contribution in [3.05, 3.63) is 34.1 Å². The highest BCUT2D eigenvalue weighted by molar-refractivity contribution is 9.10. The fourth-order valence-corrected chi connectivity index (χ4v) is 2.25. The highest BCUT2D eigenvalue weighted by atomic mass is 79.9. The van der Waals surface area contributed by atoms with E-state index in [2.05, 4.69) is 15.9 Å². The Morgan fingerprint density at radius 1 is 1.41 bits per heavy atom. The third-order valence-electron chi connectivity index (χ3n) is 3.06. The molecule has 1 aliphatic heterocycles. The summed E-state index contributed by atoms with van der Waals surface area (Å²) in [5.74, 6) is 0.00841. The first-order chi connectivity index (χ1) is 8.16. The second-order valence-corrected chi connectivity index (χ2v) is 5.17. The van der Waals surface area contributed by atoms with Gasteiger partial charge in [-0.05, 0) is 46.8 Å². The summed E-state index contributed by atoms with van der Waals surface area (Å²) in [6, 6.07) is 4.53. The van der Waals surface area contributed by atoms with Crippen LogP contribution in [0, 0.1) is 11.7 Å². The SMILES string of the molecule is O=C(CC1CCOCC1)c1ccc(Br)c(F)c1. The van der Waals surface area contributed by atoms with Crippen molar-refractivity contribution in [2.75, 3.05) is 13.2 Å². The van der Waals surface area contributed by atoms with Crippen LogP contribution < -0.4 is 0 Å². The third-order valence-corrected chi connectivity index (χ3v) is 3.70. The zero-order valence-electron chi connectivity index (χ0n) is 9.42. The van der Waals surface area contributed by atoms with Gasteiger partial charge in [-0.1, -0.05) is 6.07 Å². The second-order valence-electron chi connectivity index (χ2n) is 4.31. The fraction of sp³-hybridized carbons (Fsp3) is 0.462. The molecule has 1 fully saturated rings. The molecule has 1 aliphatic rings. The quantitative estimate of drug-likeness (QED) is 0.798. The molecule has 0 N–H and O–H groups in total. The number of hydrogen-bond acceptors (Lipinski definition) is 2. The Bertz CT molecular complexity index is 414. The molecule has 0 aliphatic carbocycles. The molecule has 0 saturated carbocycles. The summed E-state index contributed by atoms with van der Waals surface area (Å²) < 4.78 is 18.9. The van der Waals surface area contributed by atoms with E-state index in [0.29, 0.717) is 22.4 Å². The van der Waals surface area contributed by atoms with Crippen molar-refractivity contribution in [1.82, 2.24) is 0 Å². The van der Waals surface area contributed by atoms with Crippen molar-refractivity contribution in [3.63, 3.8) is 0 Å². The van der Waals surface area contributed by atoms with Gasteiger partial charge in [0.1, 0.15) is 5.82 Å². The molecular weight excluding hydrogens is 287 g/mol. The summed E-state index contributed by atoms with van der Waals surface area (Å²) in [5.41, 5.74) is 0.456.